The third-order valence-electron chi connectivity index (χ3n) is 1.84. The van der Waals surface area contributed by atoms with Gasteiger partial charge in [-0.05, 0) is 19.1 Å². The van der Waals surface area contributed by atoms with Gasteiger partial charge in [-0.25, -0.2) is 0 Å². The molecule has 1 aromatic carbocycles. The van der Waals surface area contributed by atoms with E-state index < -0.39 is 6.61 Å². The Labute approximate surface area is 92.5 Å². The molecule has 0 aliphatic carbocycles. The number of rotatable bonds is 5. The van der Waals surface area contributed by atoms with Crippen molar-refractivity contribution in [2.75, 3.05) is 0 Å². The molecule has 16 heavy (non-hydrogen) atoms. The van der Waals surface area contributed by atoms with Crippen LogP contribution in [0.1, 0.15) is 23.7 Å². The van der Waals surface area contributed by atoms with Gasteiger partial charge < -0.3 is 4.74 Å². The van der Waals surface area contributed by atoms with E-state index in [2.05, 4.69) is 11.3 Å². The first kappa shape index (κ1) is 12.4. The lowest BCUT2D eigenvalue weighted by Gasteiger charge is -2.06. The number of halogens is 2. The minimum atomic E-state index is -2.88. The molecule has 0 fully saturated rings. The smallest absolute Gasteiger partial charge is 0.387 e. The maximum Gasteiger partial charge on any atom is 0.387 e. The van der Waals surface area contributed by atoms with Gasteiger partial charge in [-0.1, -0.05) is 24.3 Å². The Bertz CT molecular complexity index is 400. The van der Waals surface area contributed by atoms with Crippen molar-refractivity contribution in [3.63, 3.8) is 0 Å². The monoisotopic (exact) mass is 226 g/mol. The van der Waals surface area contributed by atoms with Crippen molar-refractivity contribution in [2.24, 2.45) is 0 Å². The number of hydrogen-bond acceptors (Lipinski definition) is 2. The molecule has 0 radical (unpaired) electrons. The standard InChI is InChI=1S/C12H12F2O2/c1-8(2)6-11(15)9-4-3-5-10(7-9)16-12(13)14/h3-5,7,12H,1,6H2,2H3. The van der Waals surface area contributed by atoms with Crippen molar-refractivity contribution in [3.8, 4) is 5.75 Å². The summed E-state index contributed by atoms with van der Waals surface area (Å²) < 4.78 is 28.1. The number of carbonyl (C=O) groups is 1. The second kappa shape index (κ2) is 5.39. The van der Waals surface area contributed by atoms with Gasteiger partial charge >= 0.3 is 6.61 Å². The number of ether oxygens (including phenoxy) is 1. The molecule has 0 saturated carbocycles. The number of Topliss-reactive ketones (excluding diaryl/α,β-unsaturated/α-hetero) is 1. The average molecular weight is 226 g/mol. The summed E-state index contributed by atoms with van der Waals surface area (Å²) in [7, 11) is 0. The van der Waals surface area contributed by atoms with Crippen molar-refractivity contribution in [3.05, 3.63) is 42.0 Å². The number of ketones is 1. The maximum absolute atomic E-state index is 11.9. The molecule has 0 N–H and O–H groups in total. The zero-order valence-corrected chi connectivity index (χ0v) is 8.87. The first-order valence-corrected chi connectivity index (χ1v) is 4.71. The summed E-state index contributed by atoms with van der Waals surface area (Å²) in [5.41, 5.74) is 1.08. The van der Waals surface area contributed by atoms with Crippen LogP contribution in [0.15, 0.2) is 36.4 Å². The summed E-state index contributed by atoms with van der Waals surface area (Å²) in [5.74, 6) is -0.171. The van der Waals surface area contributed by atoms with Crippen LogP contribution in [0.4, 0.5) is 8.78 Å². The first-order valence-electron chi connectivity index (χ1n) is 4.71. The first-order chi connectivity index (χ1) is 7.49. The van der Waals surface area contributed by atoms with Gasteiger partial charge in [0.1, 0.15) is 5.75 Å². The largest absolute Gasteiger partial charge is 0.435 e. The predicted octanol–water partition coefficient (Wildman–Crippen LogP) is 3.44. The maximum atomic E-state index is 11.9. The van der Waals surface area contributed by atoms with Gasteiger partial charge in [-0.15, -0.1) is 0 Å². The fraction of sp³-hybridized carbons (Fsp3) is 0.250. The number of allylic oxidation sites excluding steroid dienone is 1. The van der Waals surface area contributed by atoms with Crippen LogP contribution < -0.4 is 4.74 Å². The summed E-state index contributed by atoms with van der Waals surface area (Å²) >= 11 is 0. The molecule has 0 aliphatic rings. The summed E-state index contributed by atoms with van der Waals surface area (Å²) in [6, 6.07) is 5.74. The van der Waals surface area contributed by atoms with Gasteiger partial charge in [0.25, 0.3) is 0 Å². The van der Waals surface area contributed by atoms with Crippen LogP contribution in [0.5, 0.6) is 5.75 Å². The molecular formula is C12H12F2O2. The van der Waals surface area contributed by atoms with E-state index >= 15 is 0 Å². The van der Waals surface area contributed by atoms with Crippen LogP contribution in [0.2, 0.25) is 0 Å². The van der Waals surface area contributed by atoms with Gasteiger partial charge in [0.15, 0.2) is 5.78 Å². The molecule has 2 nitrogen and oxygen atoms in total. The molecule has 0 unspecified atom stereocenters. The molecule has 4 heteroatoms. The highest BCUT2D eigenvalue weighted by atomic mass is 19.3. The third-order valence-corrected chi connectivity index (χ3v) is 1.84. The molecule has 0 bridgehead atoms. The lowest BCUT2D eigenvalue weighted by atomic mass is 10.1. The van der Waals surface area contributed by atoms with Crippen molar-refractivity contribution < 1.29 is 18.3 Å². The topological polar surface area (TPSA) is 26.3 Å². The molecule has 0 aliphatic heterocycles. The van der Waals surface area contributed by atoms with E-state index in [0.717, 1.165) is 5.57 Å². The molecule has 0 spiro atoms. The van der Waals surface area contributed by atoms with E-state index in [0.29, 0.717) is 5.56 Å². The van der Waals surface area contributed by atoms with Crippen LogP contribution in [0.25, 0.3) is 0 Å². The summed E-state index contributed by atoms with van der Waals surface area (Å²) in [5, 5.41) is 0. The molecule has 0 heterocycles. The minimum Gasteiger partial charge on any atom is -0.435 e. The molecule has 0 atom stereocenters. The highest BCUT2D eigenvalue weighted by molar-refractivity contribution is 5.97. The molecule has 86 valence electrons. The van der Waals surface area contributed by atoms with Crippen LogP contribution >= 0.6 is 0 Å². The molecule has 1 rings (SSSR count). The van der Waals surface area contributed by atoms with E-state index in [9.17, 15) is 13.6 Å². The Balaban J connectivity index is 2.81. The van der Waals surface area contributed by atoms with Gasteiger partial charge in [0.05, 0.1) is 0 Å². The zero-order chi connectivity index (χ0) is 12.1. The van der Waals surface area contributed by atoms with Crippen LogP contribution in [0.3, 0.4) is 0 Å². The van der Waals surface area contributed by atoms with E-state index in [1.165, 1.54) is 18.2 Å². The van der Waals surface area contributed by atoms with Gasteiger partial charge in [-0.3, -0.25) is 4.79 Å². The summed E-state index contributed by atoms with van der Waals surface area (Å²) in [4.78, 5) is 11.6. The third kappa shape index (κ3) is 3.81. The van der Waals surface area contributed by atoms with E-state index in [-0.39, 0.29) is 18.0 Å². The summed E-state index contributed by atoms with van der Waals surface area (Å²) in [6.07, 6.45) is 0.206. The molecular weight excluding hydrogens is 214 g/mol. The molecule has 0 amide bonds. The average Bonchev–Trinajstić information content (AvgIpc) is 2.16. The second-order valence-electron chi connectivity index (χ2n) is 3.46. The van der Waals surface area contributed by atoms with Crippen molar-refractivity contribution >= 4 is 5.78 Å². The molecule has 0 saturated heterocycles. The highest BCUT2D eigenvalue weighted by Crippen LogP contribution is 2.17. The number of carbonyl (C=O) groups excluding carboxylic acids is 1. The number of alkyl halides is 2. The normalized spacial score (nSPS) is 10.2. The van der Waals surface area contributed by atoms with Gasteiger partial charge in [-0.2, -0.15) is 8.78 Å². The van der Waals surface area contributed by atoms with E-state index in [4.69, 9.17) is 0 Å². The molecule has 1 aromatic rings. The number of hydrogen-bond donors (Lipinski definition) is 0. The minimum absolute atomic E-state index is 0.0115. The molecule has 0 aromatic heterocycles. The van der Waals surface area contributed by atoms with Crippen LogP contribution in [-0.4, -0.2) is 12.4 Å². The fourth-order valence-electron chi connectivity index (χ4n) is 1.22. The van der Waals surface area contributed by atoms with Crippen molar-refractivity contribution in [1.29, 1.82) is 0 Å². The Morgan fingerprint density at radius 1 is 1.50 bits per heavy atom. The van der Waals surface area contributed by atoms with E-state index in [1.54, 1.807) is 13.0 Å². The highest BCUT2D eigenvalue weighted by Gasteiger charge is 2.09. The summed E-state index contributed by atoms with van der Waals surface area (Å²) in [6.45, 7) is 2.47. The van der Waals surface area contributed by atoms with Crippen molar-refractivity contribution in [1.82, 2.24) is 0 Å². The lowest BCUT2D eigenvalue weighted by molar-refractivity contribution is -0.0498. The number of benzene rings is 1. The van der Waals surface area contributed by atoms with Crippen molar-refractivity contribution in [2.45, 2.75) is 20.0 Å². The quantitative estimate of drug-likeness (QED) is 0.568. The predicted molar refractivity (Wildman–Crippen MR) is 56.8 cm³/mol. The van der Waals surface area contributed by atoms with Gasteiger partial charge in [0.2, 0.25) is 0 Å². The Morgan fingerprint density at radius 2 is 2.19 bits per heavy atom. The Kier molecular flexibility index (Phi) is 4.17. The second-order valence-corrected chi connectivity index (χ2v) is 3.46. The SMILES string of the molecule is C=C(C)CC(=O)c1cccc(OC(F)F)c1. The van der Waals surface area contributed by atoms with Crippen LogP contribution in [0, 0.1) is 0 Å². The Morgan fingerprint density at radius 3 is 2.75 bits per heavy atom. The van der Waals surface area contributed by atoms with Gasteiger partial charge in [0, 0.05) is 12.0 Å². The Hall–Kier alpha value is -1.71. The lowest BCUT2D eigenvalue weighted by Crippen LogP contribution is -2.04. The zero-order valence-electron chi connectivity index (χ0n) is 8.87. The fourth-order valence-corrected chi connectivity index (χ4v) is 1.22. The van der Waals surface area contributed by atoms with E-state index in [1.807, 2.05) is 0 Å². The van der Waals surface area contributed by atoms with Crippen LogP contribution in [-0.2, 0) is 0 Å².